The summed E-state index contributed by atoms with van der Waals surface area (Å²) >= 11 is 5.86. The maximum Gasteiger partial charge on any atom is 0.276 e. The predicted molar refractivity (Wildman–Crippen MR) is 85.3 cm³/mol. The molecule has 0 bridgehead atoms. The topological polar surface area (TPSA) is 58.5 Å². The molecule has 0 saturated heterocycles. The summed E-state index contributed by atoms with van der Waals surface area (Å²) in [4.78, 5) is 2.37. The Kier molecular flexibility index (Phi) is 4.65. The van der Waals surface area contributed by atoms with Crippen LogP contribution in [0.4, 0.5) is 0 Å². The number of nitrogens with zero attached hydrogens (tertiary/aromatic N) is 1. The quantitative estimate of drug-likeness (QED) is 0.693. The molecular formula is C15H15ClN2O2S. The summed E-state index contributed by atoms with van der Waals surface area (Å²) in [6.07, 6.45) is 1.46. The molecule has 6 heteroatoms. The van der Waals surface area contributed by atoms with Crippen molar-refractivity contribution in [2.45, 2.75) is 18.7 Å². The number of hydrogen-bond donors (Lipinski definition) is 1. The predicted octanol–water partition coefficient (Wildman–Crippen LogP) is 3.27. The Morgan fingerprint density at radius 3 is 2.38 bits per heavy atom. The van der Waals surface area contributed by atoms with Gasteiger partial charge in [0, 0.05) is 5.02 Å². The van der Waals surface area contributed by atoms with E-state index in [-0.39, 0.29) is 4.90 Å². The monoisotopic (exact) mass is 322 g/mol. The van der Waals surface area contributed by atoms with E-state index in [1.807, 2.05) is 13.8 Å². The summed E-state index contributed by atoms with van der Waals surface area (Å²) in [6, 6.07) is 11.9. The molecule has 0 unspecified atom stereocenters. The number of sulfonamides is 1. The molecular weight excluding hydrogens is 308 g/mol. The number of benzene rings is 2. The first-order valence-electron chi connectivity index (χ1n) is 6.26. The Labute approximate surface area is 129 Å². The van der Waals surface area contributed by atoms with Crippen LogP contribution in [0.5, 0.6) is 0 Å². The molecule has 0 aliphatic rings. The molecule has 0 amide bonds. The van der Waals surface area contributed by atoms with Crippen molar-refractivity contribution in [1.82, 2.24) is 4.83 Å². The average molecular weight is 323 g/mol. The lowest BCUT2D eigenvalue weighted by molar-refractivity contribution is 0.584. The van der Waals surface area contributed by atoms with Crippen molar-refractivity contribution in [2.24, 2.45) is 5.10 Å². The number of rotatable bonds is 4. The van der Waals surface area contributed by atoms with Crippen molar-refractivity contribution < 1.29 is 8.42 Å². The second-order valence-electron chi connectivity index (χ2n) is 4.67. The molecule has 4 nitrogen and oxygen atoms in total. The van der Waals surface area contributed by atoms with E-state index in [4.69, 9.17) is 11.6 Å². The summed E-state index contributed by atoms with van der Waals surface area (Å²) in [5, 5.41) is 4.43. The van der Waals surface area contributed by atoms with Crippen LogP contribution in [0.25, 0.3) is 0 Å². The van der Waals surface area contributed by atoms with Crippen LogP contribution in [0.2, 0.25) is 5.02 Å². The highest BCUT2D eigenvalue weighted by Gasteiger charge is 2.11. The third-order valence-corrected chi connectivity index (χ3v) is 4.41. The summed E-state index contributed by atoms with van der Waals surface area (Å²) in [7, 11) is -3.64. The number of halogens is 1. The average Bonchev–Trinajstić information content (AvgIpc) is 2.41. The smallest absolute Gasteiger partial charge is 0.200 e. The van der Waals surface area contributed by atoms with E-state index in [9.17, 15) is 8.42 Å². The molecule has 0 aromatic heterocycles. The van der Waals surface area contributed by atoms with Gasteiger partial charge in [-0.05, 0) is 49.2 Å². The van der Waals surface area contributed by atoms with E-state index in [2.05, 4.69) is 9.93 Å². The van der Waals surface area contributed by atoms with Gasteiger partial charge in [-0.15, -0.1) is 0 Å². The number of hydrazone groups is 1. The Morgan fingerprint density at radius 2 is 1.76 bits per heavy atom. The first kappa shape index (κ1) is 15.5. The van der Waals surface area contributed by atoms with Crippen LogP contribution in [0.1, 0.15) is 16.7 Å². The van der Waals surface area contributed by atoms with Crippen LogP contribution < -0.4 is 4.83 Å². The fourth-order valence-corrected chi connectivity index (χ4v) is 2.74. The van der Waals surface area contributed by atoms with Gasteiger partial charge in [-0.1, -0.05) is 35.4 Å². The standard InChI is InChI=1S/C15H15ClN2O2S/c1-11-3-7-15(8-4-11)21(19,20)18-17-10-13-5-6-14(16)9-12(13)2/h3-10,18H,1-2H3/b17-10+. The van der Waals surface area contributed by atoms with Crippen LogP contribution in [-0.4, -0.2) is 14.6 Å². The Morgan fingerprint density at radius 1 is 1.10 bits per heavy atom. The molecule has 0 radical (unpaired) electrons. The maximum absolute atomic E-state index is 12.0. The van der Waals surface area contributed by atoms with Gasteiger partial charge >= 0.3 is 0 Å². The van der Waals surface area contributed by atoms with Crippen molar-refractivity contribution >= 4 is 27.8 Å². The minimum absolute atomic E-state index is 0.179. The molecule has 0 heterocycles. The highest BCUT2D eigenvalue weighted by atomic mass is 35.5. The van der Waals surface area contributed by atoms with Gasteiger partial charge in [0.05, 0.1) is 11.1 Å². The summed E-state index contributed by atoms with van der Waals surface area (Å²) < 4.78 is 24.1. The first-order valence-corrected chi connectivity index (χ1v) is 8.12. The number of hydrogen-bond acceptors (Lipinski definition) is 3. The maximum atomic E-state index is 12.0. The molecule has 1 N–H and O–H groups in total. The van der Waals surface area contributed by atoms with E-state index < -0.39 is 10.0 Å². The van der Waals surface area contributed by atoms with Crippen LogP contribution in [0.15, 0.2) is 52.5 Å². The van der Waals surface area contributed by atoms with Gasteiger partial charge < -0.3 is 0 Å². The number of aryl methyl sites for hydroxylation is 2. The van der Waals surface area contributed by atoms with Crippen molar-refractivity contribution in [3.8, 4) is 0 Å². The zero-order valence-corrected chi connectivity index (χ0v) is 13.2. The van der Waals surface area contributed by atoms with E-state index in [1.165, 1.54) is 6.21 Å². The summed E-state index contributed by atoms with van der Waals surface area (Å²) in [5.41, 5.74) is 2.71. The lowest BCUT2D eigenvalue weighted by Crippen LogP contribution is -2.18. The van der Waals surface area contributed by atoms with Crippen LogP contribution in [0.3, 0.4) is 0 Å². The second-order valence-corrected chi connectivity index (χ2v) is 6.76. The van der Waals surface area contributed by atoms with E-state index >= 15 is 0 Å². The van der Waals surface area contributed by atoms with Gasteiger partial charge in [-0.2, -0.15) is 13.5 Å². The largest absolute Gasteiger partial charge is 0.276 e. The normalized spacial score (nSPS) is 11.8. The molecule has 0 spiro atoms. The van der Waals surface area contributed by atoms with Gasteiger partial charge in [0.1, 0.15) is 0 Å². The minimum atomic E-state index is -3.64. The van der Waals surface area contributed by atoms with Crippen molar-refractivity contribution in [1.29, 1.82) is 0 Å². The second kappa shape index (κ2) is 6.28. The SMILES string of the molecule is Cc1ccc(S(=O)(=O)N/N=C/c2ccc(Cl)cc2C)cc1. The van der Waals surface area contributed by atoms with Crippen LogP contribution >= 0.6 is 11.6 Å². The highest BCUT2D eigenvalue weighted by Crippen LogP contribution is 2.14. The summed E-state index contributed by atoms with van der Waals surface area (Å²) in [5.74, 6) is 0. The molecule has 110 valence electrons. The highest BCUT2D eigenvalue weighted by molar-refractivity contribution is 7.89. The molecule has 0 aliphatic heterocycles. The minimum Gasteiger partial charge on any atom is -0.200 e. The fraction of sp³-hybridized carbons (Fsp3) is 0.133. The molecule has 2 aromatic carbocycles. The number of nitrogens with one attached hydrogen (secondary N) is 1. The summed E-state index contributed by atoms with van der Waals surface area (Å²) in [6.45, 7) is 3.77. The van der Waals surface area contributed by atoms with Gasteiger partial charge in [0.25, 0.3) is 10.0 Å². The van der Waals surface area contributed by atoms with Crippen LogP contribution in [0, 0.1) is 13.8 Å². The van der Waals surface area contributed by atoms with E-state index in [0.717, 1.165) is 16.7 Å². The van der Waals surface area contributed by atoms with Crippen LogP contribution in [-0.2, 0) is 10.0 Å². The lowest BCUT2D eigenvalue weighted by Gasteiger charge is -2.04. The van der Waals surface area contributed by atoms with Crippen molar-refractivity contribution in [3.05, 3.63) is 64.2 Å². The Balaban J connectivity index is 2.14. The molecule has 0 fully saturated rings. The third-order valence-electron chi connectivity index (χ3n) is 2.94. The molecule has 2 rings (SSSR count). The van der Waals surface area contributed by atoms with Gasteiger partial charge in [-0.3, -0.25) is 0 Å². The zero-order valence-electron chi connectivity index (χ0n) is 11.7. The Bertz CT molecular complexity index is 769. The zero-order chi connectivity index (χ0) is 15.5. The lowest BCUT2D eigenvalue weighted by atomic mass is 10.1. The van der Waals surface area contributed by atoms with Gasteiger partial charge in [-0.25, -0.2) is 4.83 Å². The molecule has 0 saturated carbocycles. The first-order chi connectivity index (χ1) is 9.88. The van der Waals surface area contributed by atoms with Gasteiger partial charge in [0.2, 0.25) is 0 Å². The Hall–Kier alpha value is -1.85. The van der Waals surface area contributed by atoms with Crippen molar-refractivity contribution in [2.75, 3.05) is 0 Å². The van der Waals surface area contributed by atoms with Crippen molar-refractivity contribution in [3.63, 3.8) is 0 Å². The molecule has 0 aliphatic carbocycles. The fourth-order valence-electron chi connectivity index (χ4n) is 1.72. The molecule has 0 atom stereocenters. The molecule has 21 heavy (non-hydrogen) atoms. The van der Waals surface area contributed by atoms with E-state index in [1.54, 1.807) is 42.5 Å². The molecule has 2 aromatic rings. The third kappa shape index (κ3) is 4.06. The van der Waals surface area contributed by atoms with Gasteiger partial charge in [0.15, 0.2) is 0 Å². The van der Waals surface area contributed by atoms with E-state index in [0.29, 0.717) is 5.02 Å².